The molecule has 110 valence electrons. The Morgan fingerprint density at radius 1 is 1.40 bits per heavy atom. The smallest absolute Gasteiger partial charge is 0.257 e. The maximum atomic E-state index is 13.8. The second-order valence-electron chi connectivity index (χ2n) is 5.74. The molecule has 5 heteroatoms. The first kappa shape index (κ1) is 14.8. The van der Waals surface area contributed by atoms with Crippen LogP contribution in [0, 0.1) is 11.7 Å². The number of hydrogen-bond donors (Lipinski definition) is 1. The molecule has 0 saturated carbocycles. The molecule has 0 radical (unpaired) electrons. The molecule has 1 aliphatic rings. The van der Waals surface area contributed by atoms with Gasteiger partial charge in [-0.1, -0.05) is 13.8 Å². The summed E-state index contributed by atoms with van der Waals surface area (Å²) in [6.07, 6.45) is 0. The molecule has 1 aromatic carbocycles. The van der Waals surface area contributed by atoms with E-state index in [1.165, 1.54) is 12.1 Å². The van der Waals surface area contributed by atoms with Crippen molar-refractivity contribution >= 4 is 5.91 Å². The van der Waals surface area contributed by atoms with Crippen LogP contribution in [0.5, 0.6) is 5.75 Å². The van der Waals surface area contributed by atoms with E-state index in [0.717, 1.165) is 19.2 Å². The lowest BCUT2D eigenvalue weighted by Gasteiger charge is -2.42. The summed E-state index contributed by atoms with van der Waals surface area (Å²) in [6, 6.07) is 3.75. The second-order valence-corrected chi connectivity index (χ2v) is 5.74. The Morgan fingerprint density at radius 3 is 2.70 bits per heavy atom. The zero-order chi connectivity index (χ0) is 14.9. The van der Waals surface area contributed by atoms with Crippen LogP contribution >= 0.6 is 0 Å². The predicted molar refractivity (Wildman–Crippen MR) is 75.2 cm³/mol. The maximum absolute atomic E-state index is 13.8. The van der Waals surface area contributed by atoms with Gasteiger partial charge in [0, 0.05) is 31.7 Å². The lowest BCUT2D eigenvalue weighted by molar-refractivity contribution is 0.0398. The molecule has 1 aliphatic heterocycles. The Morgan fingerprint density at radius 2 is 2.10 bits per heavy atom. The van der Waals surface area contributed by atoms with Gasteiger partial charge in [-0.2, -0.15) is 0 Å². The van der Waals surface area contributed by atoms with E-state index >= 15 is 0 Å². The molecule has 1 N–H and O–H groups in total. The number of carbonyl (C=O) groups excluding carboxylic acids is 1. The van der Waals surface area contributed by atoms with Crippen molar-refractivity contribution in [3.05, 3.63) is 29.6 Å². The molecule has 0 bridgehead atoms. The number of benzene rings is 1. The van der Waals surface area contributed by atoms with E-state index in [4.69, 9.17) is 0 Å². The highest BCUT2D eigenvalue weighted by atomic mass is 19.1. The molecule has 4 nitrogen and oxygen atoms in total. The van der Waals surface area contributed by atoms with Crippen molar-refractivity contribution in [1.29, 1.82) is 0 Å². The molecule has 2 rings (SSSR count). The number of amides is 1. The Hall–Kier alpha value is -1.62. The lowest BCUT2D eigenvalue weighted by atomic mass is 9.98. The molecule has 20 heavy (non-hydrogen) atoms. The Kier molecular flexibility index (Phi) is 4.28. The van der Waals surface area contributed by atoms with Gasteiger partial charge in [0.1, 0.15) is 11.6 Å². The predicted octanol–water partition coefficient (Wildman–Crippen LogP) is 1.94. The third-order valence-corrected chi connectivity index (χ3v) is 3.84. The molecule has 1 fully saturated rings. The van der Waals surface area contributed by atoms with Crippen LogP contribution in [0.25, 0.3) is 0 Å². The zero-order valence-corrected chi connectivity index (χ0v) is 12.1. The summed E-state index contributed by atoms with van der Waals surface area (Å²) in [5, 5.41) is 9.23. The molecule has 1 atom stereocenters. The molecular weight excluding hydrogens is 259 g/mol. The number of carbonyl (C=O) groups is 1. The molecule has 1 amide bonds. The lowest BCUT2D eigenvalue weighted by Crippen LogP contribution is -2.56. The SMILES string of the molecule is CC(C)[C@@H]1CN(C)CCN1C(=O)c1ccc(O)cc1F. The first-order valence-corrected chi connectivity index (χ1v) is 6.88. The topological polar surface area (TPSA) is 43.8 Å². The van der Waals surface area contributed by atoms with Gasteiger partial charge in [0.05, 0.1) is 5.56 Å². The number of hydrogen-bond acceptors (Lipinski definition) is 3. The molecule has 0 spiro atoms. The first-order chi connectivity index (χ1) is 9.40. The summed E-state index contributed by atoms with van der Waals surface area (Å²) in [4.78, 5) is 16.5. The number of likely N-dealkylation sites (N-methyl/N-ethyl adjacent to an activating group) is 1. The summed E-state index contributed by atoms with van der Waals surface area (Å²) in [5.74, 6) is -0.828. The van der Waals surface area contributed by atoms with E-state index in [-0.39, 0.29) is 23.3 Å². The number of rotatable bonds is 2. The average molecular weight is 280 g/mol. The second kappa shape index (κ2) is 5.79. The van der Waals surface area contributed by atoms with E-state index in [1.807, 2.05) is 7.05 Å². The monoisotopic (exact) mass is 280 g/mol. The highest BCUT2D eigenvalue weighted by Gasteiger charge is 2.32. The van der Waals surface area contributed by atoms with E-state index in [2.05, 4.69) is 18.7 Å². The third kappa shape index (κ3) is 2.93. The van der Waals surface area contributed by atoms with Gasteiger partial charge >= 0.3 is 0 Å². The summed E-state index contributed by atoms with van der Waals surface area (Å²) in [5.41, 5.74) is 0.0259. The largest absolute Gasteiger partial charge is 0.508 e. The van der Waals surface area contributed by atoms with Crippen molar-refractivity contribution in [2.45, 2.75) is 19.9 Å². The van der Waals surface area contributed by atoms with Crippen LogP contribution in [0.1, 0.15) is 24.2 Å². The minimum atomic E-state index is -0.670. The minimum Gasteiger partial charge on any atom is -0.508 e. The van der Waals surface area contributed by atoms with Gasteiger partial charge in [-0.15, -0.1) is 0 Å². The number of piperazine rings is 1. The Balaban J connectivity index is 2.26. The van der Waals surface area contributed by atoms with Crippen LogP contribution in [0.3, 0.4) is 0 Å². The van der Waals surface area contributed by atoms with Crippen LogP contribution in [0.4, 0.5) is 4.39 Å². The van der Waals surface area contributed by atoms with Gasteiger partial charge in [0.15, 0.2) is 0 Å². The van der Waals surface area contributed by atoms with Crippen LogP contribution in [-0.4, -0.2) is 53.5 Å². The van der Waals surface area contributed by atoms with Crippen molar-refractivity contribution in [2.75, 3.05) is 26.7 Å². The minimum absolute atomic E-state index is 0.0259. The zero-order valence-electron chi connectivity index (χ0n) is 12.1. The number of halogens is 1. The summed E-state index contributed by atoms with van der Waals surface area (Å²) < 4.78 is 13.8. The Bertz CT molecular complexity index is 505. The fourth-order valence-corrected chi connectivity index (χ4v) is 2.61. The van der Waals surface area contributed by atoms with Crippen LogP contribution < -0.4 is 0 Å². The van der Waals surface area contributed by atoms with Gasteiger partial charge in [-0.05, 0) is 25.1 Å². The van der Waals surface area contributed by atoms with Crippen molar-refractivity contribution < 1.29 is 14.3 Å². The van der Waals surface area contributed by atoms with Crippen molar-refractivity contribution in [3.8, 4) is 5.75 Å². The van der Waals surface area contributed by atoms with Crippen LogP contribution in [0.2, 0.25) is 0 Å². The highest BCUT2D eigenvalue weighted by Crippen LogP contribution is 2.22. The normalized spacial score (nSPS) is 20.4. The Labute approximate surface area is 118 Å². The molecule has 1 heterocycles. The van der Waals surface area contributed by atoms with Crippen LogP contribution in [-0.2, 0) is 0 Å². The fourth-order valence-electron chi connectivity index (χ4n) is 2.61. The summed E-state index contributed by atoms with van der Waals surface area (Å²) in [7, 11) is 2.03. The fraction of sp³-hybridized carbons (Fsp3) is 0.533. The molecule has 0 unspecified atom stereocenters. The van der Waals surface area contributed by atoms with E-state index in [1.54, 1.807) is 4.90 Å². The molecule has 0 aliphatic carbocycles. The average Bonchev–Trinajstić information content (AvgIpc) is 2.37. The van der Waals surface area contributed by atoms with Gasteiger partial charge < -0.3 is 14.9 Å². The van der Waals surface area contributed by atoms with Crippen LogP contribution in [0.15, 0.2) is 18.2 Å². The van der Waals surface area contributed by atoms with Crippen molar-refractivity contribution in [2.24, 2.45) is 5.92 Å². The molecule has 0 aromatic heterocycles. The van der Waals surface area contributed by atoms with Crippen molar-refractivity contribution in [1.82, 2.24) is 9.80 Å². The van der Waals surface area contributed by atoms with E-state index < -0.39 is 5.82 Å². The van der Waals surface area contributed by atoms with E-state index in [9.17, 15) is 14.3 Å². The van der Waals surface area contributed by atoms with Gasteiger partial charge in [-0.25, -0.2) is 4.39 Å². The first-order valence-electron chi connectivity index (χ1n) is 6.88. The van der Waals surface area contributed by atoms with Crippen molar-refractivity contribution in [3.63, 3.8) is 0 Å². The number of nitrogens with zero attached hydrogens (tertiary/aromatic N) is 2. The summed E-state index contributed by atoms with van der Waals surface area (Å²) in [6.45, 7) is 6.31. The third-order valence-electron chi connectivity index (χ3n) is 3.84. The van der Waals surface area contributed by atoms with Gasteiger partial charge in [0.2, 0.25) is 0 Å². The standard InChI is InChI=1S/C15H21FN2O2/c1-10(2)14-9-17(3)6-7-18(14)15(20)12-5-4-11(19)8-13(12)16/h4-5,8,10,14,19H,6-7,9H2,1-3H3/t14-/m0/s1. The molecular formula is C15H21FN2O2. The van der Waals surface area contributed by atoms with Gasteiger partial charge in [0.25, 0.3) is 5.91 Å². The number of phenolic OH excluding ortho intramolecular Hbond substituents is 1. The number of aromatic hydroxyl groups is 1. The summed E-state index contributed by atoms with van der Waals surface area (Å²) >= 11 is 0. The van der Waals surface area contributed by atoms with Gasteiger partial charge in [-0.3, -0.25) is 4.79 Å². The highest BCUT2D eigenvalue weighted by molar-refractivity contribution is 5.95. The van der Waals surface area contributed by atoms with E-state index in [0.29, 0.717) is 12.5 Å². The quantitative estimate of drug-likeness (QED) is 0.900. The number of phenols is 1. The molecule has 1 saturated heterocycles. The maximum Gasteiger partial charge on any atom is 0.257 e. The molecule has 1 aromatic rings.